The summed E-state index contributed by atoms with van der Waals surface area (Å²) in [4.78, 5) is 10.5. The highest BCUT2D eigenvalue weighted by molar-refractivity contribution is 5.45. The van der Waals surface area contributed by atoms with E-state index >= 15 is 0 Å². The quantitative estimate of drug-likeness (QED) is 0.928. The molecule has 1 aliphatic rings. The second-order valence-corrected chi connectivity index (χ2v) is 5.02. The van der Waals surface area contributed by atoms with Gasteiger partial charge in [0.1, 0.15) is 5.82 Å². The molecule has 1 aromatic heterocycles. The van der Waals surface area contributed by atoms with Crippen molar-refractivity contribution >= 4 is 11.8 Å². The second-order valence-electron chi connectivity index (χ2n) is 5.02. The normalized spacial score (nSPS) is 17.4. The van der Waals surface area contributed by atoms with Crippen molar-refractivity contribution in [3.8, 4) is 0 Å². The first-order chi connectivity index (χ1) is 9.40. The molecule has 0 unspecified atom stereocenters. The highest BCUT2D eigenvalue weighted by Crippen LogP contribution is 2.35. The summed E-state index contributed by atoms with van der Waals surface area (Å²) in [6, 6.07) is 1.81. The maximum atomic E-state index is 12.6. The fourth-order valence-corrected chi connectivity index (χ4v) is 2.39. The molecule has 1 aromatic rings. The molecule has 4 nitrogen and oxygen atoms in total. The maximum Gasteiger partial charge on any atom is 0.391 e. The third-order valence-corrected chi connectivity index (χ3v) is 3.46. The average Bonchev–Trinajstić information content (AvgIpc) is 2.37. The van der Waals surface area contributed by atoms with Crippen molar-refractivity contribution < 1.29 is 13.2 Å². The lowest BCUT2D eigenvalue weighted by Gasteiger charge is -2.33. The molecule has 1 N–H and O–H groups in total. The molecule has 112 valence electrons. The third kappa shape index (κ3) is 3.52. The van der Waals surface area contributed by atoms with Crippen molar-refractivity contribution in [3.05, 3.63) is 11.8 Å². The number of alkyl halides is 3. The highest BCUT2D eigenvalue weighted by Gasteiger charge is 2.41. The molecule has 1 saturated heterocycles. The highest BCUT2D eigenvalue weighted by atomic mass is 19.4. The first-order valence-corrected chi connectivity index (χ1v) is 6.81. The van der Waals surface area contributed by atoms with Crippen molar-refractivity contribution in [2.45, 2.75) is 32.9 Å². The van der Waals surface area contributed by atoms with Gasteiger partial charge < -0.3 is 10.2 Å². The predicted molar refractivity (Wildman–Crippen MR) is 71.9 cm³/mol. The summed E-state index contributed by atoms with van der Waals surface area (Å²) < 4.78 is 37.9. The molecule has 0 bridgehead atoms. The molecule has 0 amide bonds. The topological polar surface area (TPSA) is 41.1 Å². The van der Waals surface area contributed by atoms with Crippen molar-refractivity contribution in [2.24, 2.45) is 5.92 Å². The van der Waals surface area contributed by atoms with Crippen LogP contribution in [0.25, 0.3) is 0 Å². The summed E-state index contributed by atoms with van der Waals surface area (Å²) in [6.45, 7) is 5.27. The van der Waals surface area contributed by atoms with Crippen molar-refractivity contribution in [1.82, 2.24) is 9.97 Å². The first kappa shape index (κ1) is 14.9. The third-order valence-electron chi connectivity index (χ3n) is 3.46. The number of aromatic nitrogens is 2. The van der Waals surface area contributed by atoms with Crippen molar-refractivity contribution in [3.63, 3.8) is 0 Å². The van der Waals surface area contributed by atoms with Crippen LogP contribution in [-0.2, 0) is 0 Å². The summed E-state index contributed by atoms with van der Waals surface area (Å²) >= 11 is 0. The van der Waals surface area contributed by atoms with Crippen LogP contribution < -0.4 is 10.2 Å². The van der Waals surface area contributed by atoms with Gasteiger partial charge in [0.05, 0.1) is 5.92 Å². The lowest BCUT2D eigenvalue weighted by molar-refractivity contribution is -0.179. The number of rotatable bonds is 3. The van der Waals surface area contributed by atoms with Crippen LogP contribution >= 0.6 is 0 Å². The molecule has 2 heterocycles. The zero-order valence-electron chi connectivity index (χ0n) is 11.7. The minimum Gasteiger partial charge on any atom is -0.356 e. The smallest absolute Gasteiger partial charge is 0.356 e. The van der Waals surface area contributed by atoms with Gasteiger partial charge in [0, 0.05) is 31.4 Å². The van der Waals surface area contributed by atoms with Gasteiger partial charge in [0.25, 0.3) is 0 Å². The minimum absolute atomic E-state index is 0.128. The van der Waals surface area contributed by atoms with E-state index in [0.29, 0.717) is 31.4 Å². The van der Waals surface area contributed by atoms with Crippen LogP contribution in [0.5, 0.6) is 0 Å². The van der Waals surface area contributed by atoms with Crippen LogP contribution in [0.2, 0.25) is 0 Å². The molecule has 7 heteroatoms. The van der Waals surface area contributed by atoms with Gasteiger partial charge in [-0.1, -0.05) is 0 Å². The molecule has 0 atom stereocenters. The van der Waals surface area contributed by atoms with Gasteiger partial charge in [-0.3, -0.25) is 0 Å². The number of hydrogen-bond donors (Lipinski definition) is 1. The Balaban J connectivity index is 2.07. The standard InChI is InChI=1S/C13H19F3N4/c1-3-17-12-18-9(2)8-11(19-12)20-6-4-10(5-7-20)13(14,15)16/h8,10H,3-7H2,1-2H3,(H,17,18,19). The Labute approximate surface area is 116 Å². The molecule has 2 rings (SSSR count). The number of aryl methyl sites for hydroxylation is 1. The number of halogens is 3. The van der Waals surface area contributed by atoms with E-state index < -0.39 is 12.1 Å². The van der Waals surface area contributed by atoms with E-state index in [0.717, 1.165) is 5.69 Å². The molecule has 1 aliphatic heterocycles. The summed E-state index contributed by atoms with van der Waals surface area (Å²) in [5.74, 6) is 0.0458. The van der Waals surface area contributed by atoms with Crippen LogP contribution in [-0.4, -0.2) is 35.8 Å². The van der Waals surface area contributed by atoms with E-state index in [1.807, 2.05) is 24.8 Å². The zero-order valence-corrected chi connectivity index (χ0v) is 11.7. The van der Waals surface area contributed by atoms with E-state index in [1.165, 1.54) is 0 Å². The van der Waals surface area contributed by atoms with Crippen molar-refractivity contribution in [2.75, 3.05) is 29.9 Å². The van der Waals surface area contributed by atoms with Crippen LogP contribution in [0.15, 0.2) is 6.07 Å². The summed E-state index contributed by atoms with van der Waals surface area (Å²) in [7, 11) is 0. The fourth-order valence-electron chi connectivity index (χ4n) is 2.39. The Bertz CT molecular complexity index is 453. The van der Waals surface area contributed by atoms with Gasteiger partial charge >= 0.3 is 6.18 Å². The molecule has 20 heavy (non-hydrogen) atoms. The van der Waals surface area contributed by atoms with Gasteiger partial charge in [0.2, 0.25) is 5.95 Å². The molecule has 0 radical (unpaired) electrons. The Morgan fingerprint density at radius 2 is 1.95 bits per heavy atom. The lowest BCUT2D eigenvalue weighted by Crippen LogP contribution is -2.39. The number of nitrogens with one attached hydrogen (secondary N) is 1. The SMILES string of the molecule is CCNc1nc(C)cc(N2CCC(C(F)(F)F)CC2)n1. The van der Waals surface area contributed by atoms with Gasteiger partial charge in [-0.15, -0.1) is 0 Å². The van der Waals surface area contributed by atoms with Crippen LogP contribution in [0, 0.1) is 12.8 Å². The van der Waals surface area contributed by atoms with Crippen LogP contribution in [0.3, 0.4) is 0 Å². The Kier molecular flexibility index (Phi) is 4.35. The Hall–Kier alpha value is -1.53. The molecule has 1 fully saturated rings. The summed E-state index contributed by atoms with van der Waals surface area (Å²) in [6.07, 6.45) is -3.82. The number of piperidine rings is 1. The van der Waals surface area contributed by atoms with Crippen LogP contribution in [0.4, 0.5) is 24.9 Å². The van der Waals surface area contributed by atoms with E-state index in [4.69, 9.17) is 0 Å². The molecule has 0 saturated carbocycles. The molecular formula is C13H19F3N4. The lowest BCUT2D eigenvalue weighted by atomic mass is 9.96. The van der Waals surface area contributed by atoms with E-state index in [9.17, 15) is 13.2 Å². The summed E-state index contributed by atoms with van der Waals surface area (Å²) in [5.41, 5.74) is 0.809. The fraction of sp³-hybridized carbons (Fsp3) is 0.692. The minimum atomic E-state index is -4.08. The van der Waals surface area contributed by atoms with E-state index in [1.54, 1.807) is 0 Å². The molecule has 0 spiro atoms. The molecular weight excluding hydrogens is 269 g/mol. The van der Waals surface area contributed by atoms with E-state index in [2.05, 4.69) is 15.3 Å². The predicted octanol–water partition coefficient (Wildman–Crippen LogP) is 3.00. The van der Waals surface area contributed by atoms with Gasteiger partial charge in [-0.2, -0.15) is 18.2 Å². The maximum absolute atomic E-state index is 12.6. The van der Waals surface area contributed by atoms with Gasteiger partial charge in [-0.05, 0) is 26.7 Å². The van der Waals surface area contributed by atoms with Gasteiger partial charge in [-0.25, -0.2) is 4.98 Å². The number of anilines is 2. The summed E-state index contributed by atoms with van der Waals surface area (Å²) in [5, 5.41) is 3.03. The largest absolute Gasteiger partial charge is 0.391 e. The molecule has 0 aliphatic carbocycles. The van der Waals surface area contributed by atoms with E-state index in [-0.39, 0.29) is 12.8 Å². The monoisotopic (exact) mass is 288 g/mol. The van der Waals surface area contributed by atoms with Crippen molar-refractivity contribution in [1.29, 1.82) is 0 Å². The Morgan fingerprint density at radius 1 is 1.30 bits per heavy atom. The average molecular weight is 288 g/mol. The number of nitrogens with zero attached hydrogens (tertiary/aromatic N) is 3. The number of hydrogen-bond acceptors (Lipinski definition) is 4. The first-order valence-electron chi connectivity index (χ1n) is 6.81. The van der Waals surface area contributed by atoms with Crippen LogP contribution in [0.1, 0.15) is 25.5 Å². The Morgan fingerprint density at radius 3 is 2.50 bits per heavy atom. The van der Waals surface area contributed by atoms with Gasteiger partial charge in [0.15, 0.2) is 0 Å². The zero-order chi connectivity index (χ0) is 14.8. The second kappa shape index (κ2) is 5.85. The molecule has 0 aromatic carbocycles.